The van der Waals surface area contributed by atoms with Gasteiger partial charge in [0.15, 0.2) is 0 Å². The molecule has 3 aromatic heterocycles. The van der Waals surface area contributed by atoms with Crippen LogP contribution in [0, 0.1) is 0 Å². The number of rotatable bonds is 2. The third-order valence-corrected chi connectivity index (χ3v) is 4.91. The number of aromatic amines is 1. The Morgan fingerprint density at radius 3 is 2.14 bits per heavy atom. The summed E-state index contributed by atoms with van der Waals surface area (Å²) in [6.45, 7) is 0. The van der Waals surface area contributed by atoms with Crippen molar-refractivity contribution in [3.8, 4) is 0 Å². The number of aromatic nitrogens is 4. The van der Waals surface area contributed by atoms with Gasteiger partial charge in [-0.15, -0.1) is 0 Å². The van der Waals surface area contributed by atoms with E-state index in [1.807, 2.05) is 42.5 Å². The zero-order valence-corrected chi connectivity index (χ0v) is 15.4. The van der Waals surface area contributed by atoms with E-state index in [1.165, 1.54) is 0 Å². The van der Waals surface area contributed by atoms with Gasteiger partial charge in [0.25, 0.3) is 5.56 Å². The summed E-state index contributed by atoms with van der Waals surface area (Å²) in [5.74, 6) is 7.94. The molecule has 0 radical (unpaired) electrons. The summed E-state index contributed by atoms with van der Waals surface area (Å²) in [4.78, 5) is 20.5. The molecule has 0 saturated heterocycles. The zero-order chi connectivity index (χ0) is 19.5. The van der Waals surface area contributed by atoms with Crippen molar-refractivity contribution in [1.82, 2.24) is 20.2 Å². The van der Waals surface area contributed by atoms with Gasteiger partial charge in [-0.25, -0.2) is 5.10 Å². The second-order valence-electron chi connectivity index (χ2n) is 6.33. The van der Waals surface area contributed by atoms with E-state index in [1.54, 1.807) is 24.8 Å². The number of hydrogen-bond donors (Lipinski definition) is 4. The molecule has 148 valence electrons. The summed E-state index contributed by atoms with van der Waals surface area (Å²) in [6.07, 6.45) is 7.14. The third-order valence-electron chi connectivity index (χ3n) is 4.91. The summed E-state index contributed by atoms with van der Waals surface area (Å²) in [7, 11) is 0. The molecular formula is C20H21N7O2. The molecule has 9 heteroatoms. The lowest BCUT2D eigenvalue weighted by molar-refractivity contribution is 0.637. The van der Waals surface area contributed by atoms with Crippen LogP contribution in [0.25, 0.3) is 10.8 Å². The van der Waals surface area contributed by atoms with Crippen molar-refractivity contribution >= 4 is 16.5 Å². The molecule has 2 unspecified atom stereocenters. The minimum Gasteiger partial charge on any atom is -0.412 e. The summed E-state index contributed by atoms with van der Waals surface area (Å²) in [5.41, 5.74) is 3.80. The second kappa shape index (κ2) is 8.57. The van der Waals surface area contributed by atoms with Crippen LogP contribution in [0.3, 0.4) is 0 Å². The van der Waals surface area contributed by atoms with E-state index in [0.29, 0.717) is 5.39 Å². The molecule has 0 fully saturated rings. The van der Waals surface area contributed by atoms with Gasteiger partial charge in [0.1, 0.15) is 0 Å². The molecule has 8 N–H and O–H groups in total. The minimum absolute atomic E-state index is 0. The van der Waals surface area contributed by atoms with Crippen molar-refractivity contribution in [2.24, 2.45) is 11.7 Å². The predicted octanol–water partition coefficient (Wildman–Crippen LogP) is 1.01. The molecule has 0 amide bonds. The van der Waals surface area contributed by atoms with Crippen molar-refractivity contribution in [2.45, 2.75) is 12.0 Å². The highest BCUT2D eigenvalue weighted by atomic mass is 16.1. The van der Waals surface area contributed by atoms with Crippen molar-refractivity contribution in [3.63, 3.8) is 0 Å². The van der Waals surface area contributed by atoms with E-state index >= 15 is 0 Å². The maximum Gasteiger partial charge on any atom is 0.272 e. The molecule has 0 aliphatic carbocycles. The molecule has 1 aliphatic rings. The lowest BCUT2D eigenvalue weighted by Gasteiger charge is -2.34. The average Bonchev–Trinajstić information content (AvgIpc) is 2.78. The van der Waals surface area contributed by atoms with Crippen molar-refractivity contribution in [2.75, 3.05) is 5.32 Å². The Balaban J connectivity index is 0.000000778. The number of hydrazine groups is 1. The number of nitrogens with one attached hydrogen (secondary N) is 2. The number of nitrogens with zero attached hydrogens (tertiary/aromatic N) is 3. The molecule has 0 saturated carbocycles. The standard InChI is InChI=1S/C20H15N5O.H4N2.H2O/c26-20-14-2-1-3-15-17(14)19(24-25-20)16(12-4-8-21-9-5-12)18(23-15)13-6-10-22-11-7-13;1-2;/h1-11,16,18,23H,(H,25,26);1-2H2;1H2. The fourth-order valence-corrected chi connectivity index (χ4v) is 3.77. The van der Waals surface area contributed by atoms with Crippen molar-refractivity contribution < 1.29 is 5.48 Å². The van der Waals surface area contributed by atoms with Crippen LogP contribution in [0.2, 0.25) is 0 Å². The van der Waals surface area contributed by atoms with E-state index in [2.05, 4.69) is 37.2 Å². The van der Waals surface area contributed by atoms with Gasteiger partial charge in [0.05, 0.1) is 23.0 Å². The van der Waals surface area contributed by atoms with Crippen molar-refractivity contribution in [1.29, 1.82) is 0 Å². The first-order valence-electron chi connectivity index (χ1n) is 8.74. The summed E-state index contributed by atoms with van der Waals surface area (Å²) in [5, 5.41) is 12.3. The summed E-state index contributed by atoms with van der Waals surface area (Å²) in [6, 6.07) is 13.7. The molecule has 1 aliphatic heterocycles. The Morgan fingerprint density at radius 2 is 1.48 bits per heavy atom. The topological polar surface area (TPSA) is 167 Å². The number of nitrogens with two attached hydrogens (primary N) is 2. The number of hydrogen-bond acceptors (Lipinski definition) is 7. The van der Waals surface area contributed by atoms with Crippen LogP contribution in [0.15, 0.2) is 72.0 Å². The number of anilines is 1. The van der Waals surface area contributed by atoms with Crippen molar-refractivity contribution in [3.05, 3.63) is 94.4 Å². The SMILES string of the molecule is NN.O.O=c1[nH]nc2c3c(cccc13)NC(c1ccncc1)C2c1ccncc1. The molecule has 0 spiro atoms. The van der Waals surface area contributed by atoms with Gasteiger partial charge in [-0.05, 0) is 47.5 Å². The van der Waals surface area contributed by atoms with Crippen LogP contribution in [-0.4, -0.2) is 25.6 Å². The lowest BCUT2D eigenvalue weighted by atomic mass is 9.80. The quantitative estimate of drug-likeness (QED) is 0.292. The van der Waals surface area contributed by atoms with Gasteiger partial charge in [0.2, 0.25) is 0 Å². The van der Waals surface area contributed by atoms with Gasteiger partial charge < -0.3 is 10.8 Å². The fraction of sp³-hybridized carbons (Fsp3) is 0.100. The lowest BCUT2D eigenvalue weighted by Crippen LogP contribution is -2.28. The molecule has 9 nitrogen and oxygen atoms in total. The van der Waals surface area contributed by atoms with Crippen LogP contribution >= 0.6 is 0 Å². The first-order valence-corrected chi connectivity index (χ1v) is 8.74. The highest BCUT2D eigenvalue weighted by Gasteiger charge is 2.34. The highest BCUT2D eigenvalue weighted by molar-refractivity contribution is 5.97. The Morgan fingerprint density at radius 1 is 0.862 bits per heavy atom. The third kappa shape index (κ3) is 3.45. The van der Waals surface area contributed by atoms with Gasteiger partial charge in [0, 0.05) is 35.9 Å². The van der Waals surface area contributed by atoms with Crippen LogP contribution in [0.5, 0.6) is 0 Å². The van der Waals surface area contributed by atoms with Gasteiger partial charge >= 0.3 is 0 Å². The van der Waals surface area contributed by atoms with E-state index in [9.17, 15) is 4.79 Å². The van der Waals surface area contributed by atoms with Gasteiger partial charge in [-0.1, -0.05) is 6.07 Å². The highest BCUT2D eigenvalue weighted by Crippen LogP contribution is 2.45. The maximum absolute atomic E-state index is 12.3. The summed E-state index contributed by atoms with van der Waals surface area (Å²) < 4.78 is 0. The number of benzene rings is 1. The Hall–Kier alpha value is -3.66. The van der Waals surface area contributed by atoms with E-state index in [4.69, 9.17) is 0 Å². The van der Waals surface area contributed by atoms with E-state index in [0.717, 1.165) is 27.9 Å². The molecule has 5 rings (SSSR count). The zero-order valence-electron chi connectivity index (χ0n) is 15.4. The maximum atomic E-state index is 12.3. The summed E-state index contributed by atoms with van der Waals surface area (Å²) >= 11 is 0. The molecule has 1 aromatic carbocycles. The predicted molar refractivity (Wildman–Crippen MR) is 111 cm³/mol. The Labute approximate surface area is 166 Å². The van der Waals surface area contributed by atoms with E-state index in [-0.39, 0.29) is 23.0 Å². The first-order chi connectivity index (χ1) is 13.8. The minimum atomic E-state index is -0.178. The Kier molecular flexibility index (Phi) is 5.93. The van der Waals surface area contributed by atoms with Gasteiger partial charge in [-0.2, -0.15) is 5.10 Å². The largest absolute Gasteiger partial charge is 0.412 e. The van der Waals surface area contributed by atoms with Gasteiger partial charge in [-0.3, -0.25) is 26.4 Å². The average molecular weight is 391 g/mol. The second-order valence-corrected chi connectivity index (χ2v) is 6.33. The fourth-order valence-electron chi connectivity index (χ4n) is 3.77. The Bertz CT molecular complexity index is 1150. The molecule has 29 heavy (non-hydrogen) atoms. The molecular weight excluding hydrogens is 370 g/mol. The smallest absolute Gasteiger partial charge is 0.272 e. The molecule has 4 heterocycles. The number of H-pyrrole nitrogens is 1. The normalized spacial score (nSPS) is 16.8. The molecule has 4 aromatic rings. The number of pyridine rings is 2. The molecule has 0 bridgehead atoms. The van der Waals surface area contributed by atoms with Crippen LogP contribution < -0.4 is 22.6 Å². The molecule has 2 atom stereocenters. The van der Waals surface area contributed by atoms with Crippen LogP contribution in [0.1, 0.15) is 28.8 Å². The first kappa shape index (κ1) is 20.1. The van der Waals surface area contributed by atoms with Crippen LogP contribution in [-0.2, 0) is 0 Å². The monoisotopic (exact) mass is 391 g/mol. The van der Waals surface area contributed by atoms with Crippen LogP contribution in [0.4, 0.5) is 5.69 Å². The van der Waals surface area contributed by atoms with E-state index < -0.39 is 0 Å².